The van der Waals surface area contributed by atoms with E-state index >= 15 is 0 Å². The van der Waals surface area contributed by atoms with E-state index in [-0.39, 0.29) is 0 Å². The van der Waals surface area contributed by atoms with E-state index in [0.29, 0.717) is 0 Å². The van der Waals surface area contributed by atoms with Gasteiger partial charge in [0.2, 0.25) is 0 Å². The molecule has 0 atom stereocenters. The Kier molecular flexibility index (Phi) is 1.80. The van der Waals surface area contributed by atoms with Gasteiger partial charge in [-0.2, -0.15) is 0 Å². The van der Waals surface area contributed by atoms with Gasteiger partial charge in [0.25, 0.3) is 0 Å². The Labute approximate surface area is 103 Å². The van der Waals surface area contributed by atoms with Gasteiger partial charge in [-0.05, 0) is 18.2 Å². The number of benzene rings is 1. The Morgan fingerprint density at radius 1 is 1.00 bits per heavy atom. The molecule has 18 heavy (non-hydrogen) atoms. The third kappa shape index (κ3) is 1.26. The minimum Gasteiger partial charge on any atom is -0.353 e. The first-order valence-electron chi connectivity index (χ1n) is 5.78. The van der Waals surface area contributed by atoms with Gasteiger partial charge in [0.05, 0.1) is 11.4 Å². The summed E-state index contributed by atoms with van der Waals surface area (Å²) in [5.41, 5.74) is 3.93. The highest BCUT2D eigenvalue weighted by atomic mass is 14.9. The topological polar surface area (TPSA) is 57.4 Å². The SMILES string of the molecule is c1ccc2[nH]c(-c3ncnc4[nH]ccc34)cc2c1. The summed E-state index contributed by atoms with van der Waals surface area (Å²) in [5.74, 6) is 0. The largest absolute Gasteiger partial charge is 0.353 e. The third-order valence-electron chi connectivity index (χ3n) is 3.14. The van der Waals surface area contributed by atoms with Crippen molar-refractivity contribution in [1.82, 2.24) is 19.9 Å². The van der Waals surface area contributed by atoms with Crippen molar-refractivity contribution in [3.63, 3.8) is 0 Å². The molecule has 1 aromatic carbocycles. The molecule has 0 spiro atoms. The molecular formula is C14H10N4. The zero-order valence-corrected chi connectivity index (χ0v) is 9.51. The number of aromatic amines is 2. The zero-order chi connectivity index (χ0) is 11.9. The minimum absolute atomic E-state index is 0.860. The number of nitrogens with zero attached hydrogens (tertiary/aromatic N) is 2. The van der Waals surface area contributed by atoms with Gasteiger partial charge in [-0.1, -0.05) is 18.2 Å². The third-order valence-corrected chi connectivity index (χ3v) is 3.14. The summed E-state index contributed by atoms with van der Waals surface area (Å²) in [4.78, 5) is 15.1. The predicted octanol–water partition coefficient (Wildman–Crippen LogP) is 3.11. The molecule has 4 heteroatoms. The van der Waals surface area contributed by atoms with Crippen molar-refractivity contribution in [3.05, 3.63) is 48.9 Å². The van der Waals surface area contributed by atoms with Crippen LogP contribution in [0.1, 0.15) is 0 Å². The van der Waals surface area contributed by atoms with Crippen molar-refractivity contribution in [1.29, 1.82) is 0 Å². The van der Waals surface area contributed by atoms with Crippen molar-refractivity contribution < 1.29 is 0 Å². The second-order valence-corrected chi connectivity index (χ2v) is 4.23. The molecule has 0 bridgehead atoms. The summed E-state index contributed by atoms with van der Waals surface area (Å²) in [5, 5.41) is 2.22. The summed E-state index contributed by atoms with van der Waals surface area (Å²) < 4.78 is 0. The predicted molar refractivity (Wildman–Crippen MR) is 71.2 cm³/mol. The number of H-pyrrole nitrogens is 2. The second kappa shape index (κ2) is 3.43. The first kappa shape index (κ1) is 9.41. The molecule has 3 aromatic heterocycles. The Morgan fingerprint density at radius 3 is 2.89 bits per heavy atom. The fourth-order valence-corrected chi connectivity index (χ4v) is 2.29. The highest BCUT2D eigenvalue weighted by Crippen LogP contribution is 2.27. The van der Waals surface area contributed by atoms with Gasteiger partial charge < -0.3 is 9.97 Å². The van der Waals surface area contributed by atoms with E-state index in [2.05, 4.69) is 38.1 Å². The van der Waals surface area contributed by atoms with Crippen LogP contribution in [0.25, 0.3) is 33.3 Å². The molecule has 4 rings (SSSR count). The molecule has 0 saturated heterocycles. The van der Waals surface area contributed by atoms with Gasteiger partial charge in [-0.3, -0.25) is 0 Å². The quantitative estimate of drug-likeness (QED) is 0.531. The van der Waals surface area contributed by atoms with E-state index in [1.54, 1.807) is 6.33 Å². The van der Waals surface area contributed by atoms with Crippen LogP contribution in [-0.4, -0.2) is 19.9 Å². The van der Waals surface area contributed by atoms with Crippen LogP contribution in [0.3, 0.4) is 0 Å². The monoisotopic (exact) mass is 234 g/mol. The summed E-state index contributed by atoms with van der Waals surface area (Å²) in [6.45, 7) is 0. The lowest BCUT2D eigenvalue weighted by atomic mass is 10.2. The molecule has 0 radical (unpaired) electrons. The summed E-state index contributed by atoms with van der Waals surface area (Å²) in [7, 11) is 0. The van der Waals surface area contributed by atoms with Crippen LogP contribution in [0.5, 0.6) is 0 Å². The molecule has 3 heterocycles. The number of hydrogen-bond acceptors (Lipinski definition) is 2. The average Bonchev–Trinajstić information content (AvgIpc) is 3.04. The summed E-state index contributed by atoms with van der Waals surface area (Å²) in [6, 6.07) is 12.3. The molecule has 2 N–H and O–H groups in total. The minimum atomic E-state index is 0.860. The van der Waals surface area contributed by atoms with Crippen LogP contribution in [-0.2, 0) is 0 Å². The molecule has 0 unspecified atom stereocenters. The Morgan fingerprint density at radius 2 is 1.94 bits per heavy atom. The zero-order valence-electron chi connectivity index (χ0n) is 9.51. The standard InChI is InChI=1S/C14H10N4/c1-2-4-11-9(3-1)7-12(18-11)13-10-5-6-15-14(10)17-8-16-13/h1-8,18H,(H,15,16,17). The van der Waals surface area contributed by atoms with Gasteiger partial charge in [-0.25, -0.2) is 9.97 Å². The van der Waals surface area contributed by atoms with Crippen LogP contribution in [0, 0.1) is 0 Å². The molecule has 0 aliphatic carbocycles. The Hall–Kier alpha value is -2.62. The van der Waals surface area contributed by atoms with E-state index in [1.165, 1.54) is 5.39 Å². The van der Waals surface area contributed by atoms with Gasteiger partial charge in [-0.15, -0.1) is 0 Å². The lowest BCUT2D eigenvalue weighted by molar-refractivity contribution is 1.19. The molecule has 0 fully saturated rings. The van der Waals surface area contributed by atoms with Crippen molar-refractivity contribution in [2.75, 3.05) is 0 Å². The van der Waals surface area contributed by atoms with E-state index in [1.807, 2.05) is 24.4 Å². The molecule has 0 saturated carbocycles. The van der Waals surface area contributed by atoms with Gasteiger partial charge in [0.1, 0.15) is 12.0 Å². The second-order valence-electron chi connectivity index (χ2n) is 4.23. The Bertz CT molecular complexity index is 808. The maximum Gasteiger partial charge on any atom is 0.141 e. The molecule has 4 aromatic rings. The first-order valence-corrected chi connectivity index (χ1v) is 5.78. The number of nitrogens with one attached hydrogen (secondary N) is 2. The number of fused-ring (bicyclic) bond motifs is 2. The lowest BCUT2D eigenvalue weighted by Crippen LogP contribution is -1.86. The average molecular weight is 234 g/mol. The van der Waals surface area contributed by atoms with E-state index in [9.17, 15) is 0 Å². The van der Waals surface area contributed by atoms with Gasteiger partial charge in [0.15, 0.2) is 0 Å². The fourth-order valence-electron chi connectivity index (χ4n) is 2.29. The molecule has 4 nitrogen and oxygen atoms in total. The maximum absolute atomic E-state index is 4.38. The summed E-state index contributed by atoms with van der Waals surface area (Å²) >= 11 is 0. The normalized spacial score (nSPS) is 11.3. The summed E-state index contributed by atoms with van der Waals surface area (Å²) in [6.07, 6.45) is 3.46. The molecule has 0 aliphatic rings. The molecule has 0 amide bonds. The van der Waals surface area contributed by atoms with E-state index in [0.717, 1.165) is 27.9 Å². The van der Waals surface area contributed by atoms with Crippen LogP contribution < -0.4 is 0 Å². The first-order chi connectivity index (χ1) is 8.92. The highest BCUT2D eigenvalue weighted by Gasteiger charge is 2.09. The van der Waals surface area contributed by atoms with E-state index in [4.69, 9.17) is 0 Å². The fraction of sp³-hybridized carbons (Fsp3) is 0. The smallest absolute Gasteiger partial charge is 0.141 e. The van der Waals surface area contributed by atoms with Crippen molar-refractivity contribution >= 4 is 21.9 Å². The number of rotatable bonds is 1. The van der Waals surface area contributed by atoms with E-state index < -0.39 is 0 Å². The number of aromatic nitrogens is 4. The van der Waals surface area contributed by atoms with Crippen LogP contribution in [0.2, 0.25) is 0 Å². The Balaban J connectivity index is 2.04. The lowest BCUT2D eigenvalue weighted by Gasteiger charge is -1.97. The van der Waals surface area contributed by atoms with Crippen molar-refractivity contribution in [2.24, 2.45) is 0 Å². The van der Waals surface area contributed by atoms with Crippen LogP contribution in [0.15, 0.2) is 48.9 Å². The van der Waals surface area contributed by atoms with Crippen LogP contribution in [0.4, 0.5) is 0 Å². The highest BCUT2D eigenvalue weighted by molar-refractivity contribution is 5.93. The van der Waals surface area contributed by atoms with Crippen molar-refractivity contribution in [3.8, 4) is 11.4 Å². The number of hydrogen-bond donors (Lipinski definition) is 2. The molecule has 86 valence electrons. The maximum atomic E-state index is 4.38. The van der Waals surface area contributed by atoms with Gasteiger partial charge in [0, 0.05) is 22.5 Å². The van der Waals surface area contributed by atoms with Gasteiger partial charge >= 0.3 is 0 Å². The molecule has 0 aliphatic heterocycles. The van der Waals surface area contributed by atoms with Crippen LogP contribution >= 0.6 is 0 Å². The molecular weight excluding hydrogens is 224 g/mol. The van der Waals surface area contributed by atoms with Crippen molar-refractivity contribution in [2.45, 2.75) is 0 Å². The number of para-hydroxylation sites is 1.